The van der Waals surface area contributed by atoms with Gasteiger partial charge in [-0.2, -0.15) is 4.98 Å². The van der Waals surface area contributed by atoms with Crippen LogP contribution >= 0.6 is 0 Å². The van der Waals surface area contributed by atoms with Crippen molar-refractivity contribution in [1.82, 2.24) is 4.98 Å². The van der Waals surface area contributed by atoms with Crippen LogP contribution in [-0.4, -0.2) is 4.98 Å². The van der Waals surface area contributed by atoms with Gasteiger partial charge in [0.1, 0.15) is 0 Å². The third kappa shape index (κ3) is 2.18. The highest BCUT2D eigenvalue weighted by Gasteiger charge is 2.13. The minimum atomic E-state index is 0.229. The Morgan fingerprint density at radius 1 is 1.24 bits per heavy atom. The first kappa shape index (κ1) is 11.7. The third-order valence-electron chi connectivity index (χ3n) is 2.99. The second-order valence-electron chi connectivity index (χ2n) is 4.70. The zero-order valence-corrected chi connectivity index (χ0v) is 10.7. The summed E-state index contributed by atoms with van der Waals surface area (Å²) in [5.74, 6) is 1.28. The molecule has 0 saturated heterocycles. The molecule has 0 aliphatic carbocycles. The van der Waals surface area contributed by atoms with Crippen LogP contribution in [0.5, 0.6) is 0 Å². The third-order valence-corrected chi connectivity index (χ3v) is 2.99. The van der Waals surface area contributed by atoms with Crippen molar-refractivity contribution in [3.8, 4) is 11.3 Å². The van der Waals surface area contributed by atoms with E-state index in [1.165, 1.54) is 11.1 Å². The van der Waals surface area contributed by atoms with Gasteiger partial charge in [-0.3, -0.25) is 0 Å². The molecule has 90 valence electrons. The molecule has 0 spiro atoms. The molecule has 17 heavy (non-hydrogen) atoms. The van der Waals surface area contributed by atoms with Crippen molar-refractivity contribution in [3.05, 3.63) is 35.0 Å². The Bertz CT molecular complexity index is 541. The summed E-state index contributed by atoms with van der Waals surface area (Å²) in [5.41, 5.74) is 9.97. The van der Waals surface area contributed by atoms with Gasteiger partial charge in [0, 0.05) is 5.56 Å². The standard InChI is InChI=1S/C14H18N2O/c1-8(2)11-6-5-9(3)12(7-11)13-10(4)16-14(15)17-13/h5-8H,1-4H3,(H2,15,16). The van der Waals surface area contributed by atoms with Gasteiger partial charge in [0.05, 0.1) is 5.69 Å². The topological polar surface area (TPSA) is 52.0 Å². The molecule has 0 bridgehead atoms. The molecule has 1 aromatic carbocycles. The van der Waals surface area contributed by atoms with Gasteiger partial charge in [0.2, 0.25) is 0 Å². The molecule has 0 aliphatic heterocycles. The molecular weight excluding hydrogens is 212 g/mol. The first-order chi connectivity index (χ1) is 7.99. The molecule has 3 nitrogen and oxygen atoms in total. The fourth-order valence-electron chi connectivity index (χ4n) is 1.91. The Hall–Kier alpha value is -1.77. The van der Waals surface area contributed by atoms with Gasteiger partial charge in [0.15, 0.2) is 5.76 Å². The van der Waals surface area contributed by atoms with Gasteiger partial charge in [-0.25, -0.2) is 0 Å². The summed E-state index contributed by atoms with van der Waals surface area (Å²) in [4.78, 5) is 4.11. The van der Waals surface area contributed by atoms with Gasteiger partial charge in [-0.1, -0.05) is 26.0 Å². The Morgan fingerprint density at radius 3 is 2.47 bits per heavy atom. The summed E-state index contributed by atoms with van der Waals surface area (Å²) in [7, 11) is 0. The lowest BCUT2D eigenvalue weighted by molar-refractivity contribution is 0.593. The van der Waals surface area contributed by atoms with E-state index >= 15 is 0 Å². The Balaban J connectivity index is 2.58. The van der Waals surface area contributed by atoms with Gasteiger partial charge < -0.3 is 10.2 Å². The van der Waals surface area contributed by atoms with E-state index in [0.717, 1.165) is 17.0 Å². The van der Waals surface area contributed by atoms with Crippen LogP contribution in [0.25, 0.3) is 11.3 Å². The maximum Gasteiger partial charge on any atom is 0.292 e. The predicted molar refractivity (Wildman–Crippen MR) is 69.9 cm³/mol. The monoisotopic (exact) mass is 230 g/mol. The summed E-state index contributed by atoms with van der Waals surface area (Å²) in [6.07, 6.45) is 0. The molecule has 2 N–H and O–H groups in total. The lowest BCUT2D eigenvalue weighted by atomic mass is 9.96. The largest absolute Gasteiger partial charge is 0.423 e. The summed E-state index contributed by atoms with van der Waals surface area (Å²) in [6, 6.07) is 6.65. The van der Waals surface area contributed by atoms with Crippen LogP contribution in [0.3, 0.4) is 0 Å². The number of benzene rings is 1. The number of nitrogen functional groups attached to an aromatic ring is 1. The molecule has 2 rings (SSSR count). The van der Waals surface area contributed by atoms with E-state index in [2.05, 4.69) is 44.0 Å². The molecule has 0 saturated carbocycles. The van der Waals surface area contributed by atoms with E-state index in [4.69, 9.17) is 10.2 Å². The van der Waals surface area contributed by atoms with E-state index in [0.29, 0.717) is 5.92 Å². The van der Waals surface area contributed by atoms with E-state index in [1.807, 2.05) is 6.92 Å². The second kappa shape index (κ2) is 4.24. The molecule has 0 aliphatic rings. The van der Waals surface area contributed by atoms with Crippen LogP contribution in [0.15, 0.2) is 22.6 Å². The number of hydrogen-bond donors (Lipinski definition) is 1. The molecular formula is C14H18N2O. The average Bonchev–Trinajstić information content (AvgIpc) is 2.58. The van der Waals surface area contributed by atoms with Crippen molar-refractivity contribution in [1.29, 1.82) is 0 Å². The number of aryl methyl sites for hydroxylation is 2. The van der Waals surface area contributed by atoms with Crippen LogP contribution in [0.2, 0.25) is 0 Å². The normalized spacial score (nSPS) is 11.1. The zero-order chi connectivity index (χ0) is 12.6. The molecule has 0 fully saturated rings. The second-order valence-corrected chi connectivity index (χ2v) is 4.70. The minimum Gasteiger partial charge on any atom is -0.423 e. The number of nitrogens with two attached hydrogens (primary N) is 1. The van der Waals surface area contributed by atoms with Crippen molar-refractivity contribution in [2.45, 2.75) is 33.6 Å². The van der Waals surface area contributed by atoms with Crippen LogP contribution in [0, 0.1) is 13.8 Å². The SMILES string of the molecule is Cc1ccc(C(C)C)cc1-c1oc(N)nc1C. The molecule has 0 unspecified atom stereocenters. The highest BCUT2D eigenvalue weighted by atomic mass is 16.4. The molecule has 2 aromatic rings. The number of rotatable bonds is 2. The fourth-order valence-corrected chi connectivity index (χ4v) is 1.91. The smallest absolute Gasteiger partial charge is 0.292 e. The summed E-state index contributed by atoms with van der Waals surface area (Å²) >= 11 is 0. The Labute approximate surface area is 102 Å². The average molecular weight is 230 g/mol. The summed E-state index contributed by atoms with van der Waals surface area (Å²) in [5, 5.41) is 0. The van der Waals surface area contributed by atoms with Crippen LogP contribution in [-0.2, 0) is 0 Å². The van der Waals surface area contributed by atoms with E-state index in [-0.39, 0.29) is 6.01 Å². The van der Waals surface area contributed by atoms with Gasteiger partial charge in [-0.15, -0.1) is 0 Å². The van der Waals surface area contributed by atoms with Crippen molar-refractivity contribution in [3.63, 3.8) is 0 Å². The van der Waals surface area contributed by atoms with Gasteiger partial charge in [-0.05, 0) is 37.0 Å². The van der Waals surface area contributed by atoms with Crippen LogP contribution in [0.1, 0.15) is 36.6 Å². The zero-order valence-electron chi connectivity index (χ0n) is 10.7. The van der Waals surface area contributed by atoms with Crippen LogP contribution in [0.4, 0.5) is 6.01 Å². The van der Waals surface area contributed by atoms with E-state index in [9.17, 15) is 0 Å². The first-order valence-electron chi connectivity index (χ1n) is 5.83. The molecule has 1 aromatic heterocycles. The van der Waals surface area contributed by atoms with E-state index < -0.39 is 0 Å². The van der Waals surface area contributed by atoms with Gasteiger partial charge >= 0.3 is 0 Å². The highest BCUT2D eigenvalue weighted by molar-refractivity contribution is 5.65. The Kier molecular flexibility index (Phi) is 2.92. The molecule has 1 heterocycles. The fraction of sp³-hybridized carbons (Fsp3) is 0.357. The highest BCUT2D eigenvalue weighted by Crippen LogP contribution is 2.30. The molecule has 3 heteroatoms. The maximum absolute atomic E-state index is 5.59. The first-order valence-corrected chi connectivity index (χ1v) is 5.83. The number of anilines is 1. The quantitative estimate of drug-likeness (QED) is 0.856. The van der Waals surface area contributed by atoms with Crippen molar-refractivity contribution in [2.75, 3.05) is 5.73 Å². The Morgan fingerprint density at radius 2 is 1.94 bits per heavy atom. The number of aromatic nitrogens is 1. The van der Waals surface area contributed by atoms with Gasteiger partial charge in [0.25, 0.3) is 6.01 Å². The maximum atomic E-state index is 5.59. The predicted octanol–water partition coefficient (Wildman–Crippen LogP) is 3.66. The lowest BCUT2D eigenvalue weighted by Crippen LogP contribution is -1.91. The summed E-state index contributed by atoms with van der Waals surface area (Å²) in [6.45, 7) is 8.33. The number of hydrogen-bond acceptors (Lipinski definition) is 3. The molecule has 0 amide bonds. The molecule has 0 radical (unpaired) electrons. The molecule has 0 atom stereocenters. The number of oxazole rings is 1. The summed E-state index contributed by atoms with van der Waals surface area (Å²) < 4.78 is 5.48. The lowest BCUT2D eigenvalue weighted by Gasteiger charge is -2.09. The number of nitrogens with zero attached hydrogens (tertiary/aromatic N) is 1. The van der Waals surface area contributed by atoms with Crippen molar-refractivity contribution >= 4 is 6.01 Å². The van der Waals surface area contributed by atoms with Crippen LogP contribution < -0.4 is 5.73 Å². The van der Waals surface area contributed by atoms with E-state index in [1.54, 1.807) is 0 Å². The van der Waals surface area contributed by atoms with Crippen molar-refractivity contribution in [2.24, 2.45) is 0 Å². The minimum absolute atomic E-state index is 0.229. The van der Waals surface area contributed by atoms with Crippen molar-refractivity contribution < 1.29 is 4.42 Å².